The minimum atomic E-state index is -1.01. The van der Waals surface area contributed by atoms with Crippen LogP contribution in [0.15, 0.2) is 48.7 Å². The molecule has 1 aromatic heterocycles. The van der Waals surface area contributed by atoms with Crippen LogP contribution >= 0.6 is 0 Å². The third kappa shape index (κ3) is 2.85. The molecule has 1 aromatic carbocycles. The first-order chi connectivity index (χ1) is 8.66. The molecule has 92 valence electrons. The Morgan fingerprint density at radius 3 is 2.67 bits per heavy atom. The largest absolute Gasteiger partial charge is 0.477 e. The predicted octanol–water partition coefficient (Wildman–Crippen LogP) is 2.42. The van der Waals surface area contributed by atoms with Gasteiger partial charge in [-0.3, -0.25) is 0 Å². The molecule has 0 saturated heterocycles. The molecule has 0 aliphatic carbocycles. The average Bonchev–Trinajstić information content (AvgIpc) is 2.40. The van der Waals surface area contributed by atoms with Gasteiger partial charge in [0, 0.05) is 25.5 Å². The van der Waals surface area contributed by atoms with Crippen LogP contribution in [0.3, 0.4) is 0 Å². The van der Waals surface area contributed by atoms with Gasteiger partial charge < -0.3 is 10.0 Å². The normalized spacial score (nSPS) is 10.1. The van der Waals surface area contributed by atoms with Crippen LogP contribution in [0.4, 0.5) is 5.69 Å². The monoisotopic (exact) mass is 242 g/mol. The lowest BCUT2D eigenvalue weighted by Crippen LogP contribution is -2.17. The summed E-state index contributed by atoms with van der Waals surface area (Å²) in [5, 5.41) is 8.90. The van der Waals surface area contributed by atoms with Crippen LogP contribution in [0, 0.1) is 0 Å². The molecule has 1 N–H and O–H groups in total. The zero-order chi connectivity index (χ0) is 13.0. The molecule has 0 unspecified atom stereocenters. The Labute approximate surface area is 106 Å². The van der Waals surface area contributed by atoms with E-state index in [-0.39, 0.29) is 5.69 Å². The third-order valence-electron chi connectivity index (χ3n) is 2.67. The second kappa shape index (κ2) is 5.31. The lowest BCUT2D eigenvalue weighted by atomic mass is 10.2. The Morgan fingerprint density at radius 2 is 2.00 bits per heavy atom. The maximum atomic E-state index is 10.9. The van der Waals surface area contributed by atoms with E-state index < -0.39 is 5.97 Å². The number of hydrogen-bond donors (Lipinski definition) is 1. The van der Waals surface area contributed by atoms with Crippen molar-refractivity contribution in [1.82, 2.24) is 4.98 Å². The highest BCUT2D eigenvalue weighted by Crippen LogP contribution is 2.15. The van der Waals surface area contributed by atoms with E-state index in [1.807, 2.05) is 42.3 Å². The second-order valence-electron chi connectivity index (χ2n) is 4.05. The number of hydrogen-bond acceptors (Lipinski definition) is 3. The molecule has 4 nitrogen and oxygen atoms in total. The number of carbonyl (C=O) groups is 1. The van der Waals surface area contributed by atoms with Gasteiger partial charge in [0.25, 0.3) is 0 Å². The van der Waals surface area contributed by atoms with E-state index in [2.05, 4.69) is 4.98 Å². The quantitative estimate of drug-likeness (QED) is 0.894. The van der Waals surface area contributed by atoms with Gasteiger partial charge >= 0.3 is 5.97 Å². The van der Waals surface area contributed by atoms with Crippen molar-refractivity contribution >= 4 is 11.7 Å². The molecular weight excluding hydrogens is 228 g/mol. The first kappa shape index (κ1) is 12.1. The van der Waals surface area contributed by atoms with E-state index in [1.165, 1.54) is 11.8 Å². The van der Waals surface area contributed by atoms with Crippen LogP contribution in [-0.4, -0.2) is 23.1 Å². The van der Waals surface area contributed by atoms with E-state index in [1.54, 1.807) is 12.1 Å². The highest BCUT2D eigenvalue weighted by atomic mass is 16.4. The summed E-state index contributed by atoms with van der Waals surface area (Å²) in [6.07, 6.45) is 1.51. The molecule has 1 heterocycles. The van der Waals surface area contributed by atoms with E-state index in [0.717, 1.165) is 12.2 Å². The number of rotatable bonds is 4. The van der Waals surface area contributed by atoms with Crippen LogP contribution < -0.4 is 4.90 Å². The molecule has 18 heavy (non-hydrogen) atoms. The Balaban J connectivity index is 2.16. The molecule has 0 bridgehead atoms. The number of aromatic carboxylic acids is 1. The minimum absolute atomic E-state index is 0.0624. The van der Waals surface area contributed by atoms with Crippen LogP contribution in [0.5, 0.6) is 0 Å². The number of aromatic nitrogens is 1. The van der Waals surface area contributed by atoms with Crippen LogP contribution in [0.25, 0.3) is 0 Å². The van der Waals surface area contributed by atoms with Gasteiger partial charge in [-0.1, -0.05) is 30.3 Å². The molecule has 2 rings (SSSR count). The van der Waals surface area contributed by atoms with Crippen molar-refractivity contribution in [2.24, 2.45) is 0 Å². The maximum absolute atomic E-state index is 10.9. The Morgan fingerprint density at radius 1 is 1.28 bits per heavy atom. The summed E-state index contributed by atoms with van der Waals surface area (Å²) in [5.41, 5.74) is 2.08. The van der Waals surface area contributed by atoms with E-state index in [0.29, 0.717) is 0 Å². The number of benzene rings is 1. The van der Waals surface area contributed by atoms with Crippen molar-refractivity contribution < 1.29 is 9.90 Å². The number of carboxylic acid groups (broad SMARTS) is 1. The summed E-state index contributed by atoms with van der Waals surface area (Å²) < 4.78 is 0. The first-order valence-electron chi connectivity index (χ1n) is 5.61. The number of pyridine rings is 1. The Bertz CT molecular complexity index is 541. The van der Waals surface area contributed by atoms with Gasteiger partial charge in [-0.15, -0.1) is 0 Å². The number of anilines is 1. The van der Waals surface area contributed by atoms with Crippen molar-refractivity contribution in [3.8, 4) is 0 Å². The summed E-state index contributed by atoms with van der Waals surface area (Å²) in [5.74, 6) is -1.01. The van der Waals surface area contributed by atoms with Gasteiger partial charge in [0.1, 0.15) is 5.69 Å². The lowest BCUT2D eigenvalue weighted by molar-refractivity contribution is 0.0690. The van der Waals surface area contributed by atoms with Gasteiger partial charge in [-0.25, -0.2) is 9.78 Å². The van der Waals surface area contributed by atoms with Crippen molar-refractivity contribution in [3.63, 3.8) is 0 Å². The molecule has 0 aliphatic heterocycles. The minimum Gasteiger partial charge on any atom is -0.477 e. The Hall–Kier alpha value is -2.36. The van der Waals surface area contributed by atoms with Gasteiger partial charge in [-0.05, 0) is 17.7 Å². The second-order valence-corrected chi connectivity index (χ2v) is 4.05. The fourth-order valence-corrected chi connectivity index (χ4v) is 1.72. The summed E-state index contributed by atoms with van der Waals surface area (Å²) in [6, 6.07) is 13.4. The van der Waals surface area contributed by atoms with Crippen LogP contribution in [0.2, 0.25) is 0 Å². The van der Waals surface area contributed by atoms with Gasteiger partial charge in [0.05, 0.1) is 0 Å². The van der Waals surface area contributed by atoms with Crippen LogP contribution in [-0.2, 0) is 6.54 Å². The topological polar surface area (TPSA) is 53.4 Å². The van der Waals surface area contributed by atoms with E-state index in [9.17, 15) is 4.79 Å². The highest BCUT2D eigenvalue weighted by molar-refractivity contribution is 5.86. The summed E-state index contributed by atoms with van der Waals surface area (Å²) in [7, 11) is 1.92. The van der Waals surface area contributed by atoms with Crippen LogP contribution in [0.1, 0.15) is 16.1 Å². The molecule has 0 radical (unpaired) electrons. The van der Waals surface area contributed by atoms with Crippen molar-refractivity contribution in [1.29, 1.82) is 0 Å². The predicted molar refractivity (Wildman–Crippen MR) is 69.7 cm³/mol. The first-order valence-corrected chi connectivity index (χ1v) is 5.61. The molecule has 0 atom stereocenters. The standard InChI is InChI=1S/C14H14N2O2/c1-16(10-11-5-3-2-4-6-11)12-7-8-15-13(9-12)14(17)18/h2-9H,10H2,1H3,(H,17,18). The molecule has 0 spiro atoms. The summed E-state index contributed by atoms with van der Waals surface area (Å²) in [6.45, 7) is 0.726. The van der Waals surface area contributed by atoms with Crippen molar-refractivity contribution in [3.05, 3.63) is 59.9 Å². The zero-order valence-corrected chi connectivity index (χ0v) is 10.1. The average molecular weight is 242 g/mol. The van der Waals surface area contributed by atoms with Gasteiger partial charge in [-0.2, -0.15) is 0 Å². The molecule has 0 aliphatic rings. The summed E-state index contributed by atoms with van der Waals surface area (Å²) in [4.78, 5) is 16.6. The zero-order valence-electron chi connectivity index (χ0n) is 10.1. The van der Waals surface area contributed by atoms with Gasteiger partial charge in [0.2, 0.25) is 0 Å². The number of carboxylic acids is 1. The molecule has 0 amide bonds. The molecular formula is C14H14N2O2. The third-order valence-corrected chi connectivity index (χ3v) is 2.67. The van der Waals surface area contributed by atoms with E-state index >= 15 is 0 Å². The molecule has 0 saturated carbocycles. The fourth-order valence-electron chi connectivity index (χ4n) is 1.72. The molecule has 4 heteroatoms. The molecule has 0 fully saturated rings. The van der Waals surface area contributed by atoms with Gasteiger partial charge in [0.15, 0.2) is 0 Å². The fraction of sp³-hybridized carbons (Fsp3) is 0.143. The maximum Gasteiger partial charge on any atom is 0.354 e. The van der Waals surface area contributed by atoms with Crippen molar-refractivity contribution in [2.45, 2.75) is 6.54 Å². The SMILES string of the molecule is CN(Cc1ccccc1)c1ccnc(C(=O)O)c1. The lowest BCUT2D eigenvalue weighted by Gasteiger charge is -2.19. The van der Waals surface area contributed by atoms with E-state index in [4.69, 9.17) is 5.11 Å². The number of nitrogens with zero attached hydrogens (tertiary/aromatic N) is 2. The summed E-state index contributed by atoms with van der Waals surface area (Å²) >= 11 is 0. The molecule has 2 aromatic rings. The van der Waals surface area contributed by atoms with Crippen molar-refractivity contribution in [2.75, 3.05) is 11.9 Å². The highest BCUT2D eigenvalue weighted by Gasteiger charge is 2.08. The Kier molecular flexibility index (Phi) is 3.57. The smallest absolute Gasteiger partial charge is 0.354 e.